The maximum absolute atomic E-state index is 12.9. The summed E-state index contributed by atoms with van der Waals surface area (Å²) in [6.45, 7) is 3.84. The maximum atomic E-state index is 12.9. The van der Waals surface area contributed by atoms with Gasteiger partial charge in [-0.3, -0.25) is 9.69 Å². The van der Waals surface area contributed by atoms with Crippen LogP contribution in [-0.4, -0.2) is 23.0 Å². The van der Waals surface area contributed by atoms with Gasteiger partial charge in [0.1, 0.15) is 0 Å². The Kier molecular flexibility index (Phi) is 4.49. The molecule has 0 saturated carbocycles. The Morgan fingerprint density at radius 1 is 1.29 bits per heavy atom. The van der Waals surface area contributed by atoms with E-state index >= 15 is 0 Å². The van der Waals surface area contributed by atoms with Gasteiger partial charge in [-0.05, 0) is 40.3 Å². The fourth-order valence-corrected chi connectivity index (χ4v) is 3.54. The quantitative estimate of drug-likeness (QED) is 0.457. The minimum absolute atomic E-state index is 0.103. The highest BCUT2D eigenvalue weighted by Gasteiger charge is 2.52. The molecule has 1 heterocycles. The molecular formula is C19H16INO3. The van der Waals surface area contributed by atoms with Gasteiger partial charge in [0.2, 0.25) is 5.72 Å². The number of hydrogen-bond acceptors (Lipinski definition) is 3. The van der Waals surface area contributed by atoms with Crippen molar-refractivity contribution >= 4 is 28.5 Å². The van der Waals surface area contributed by atoms with Crippen LogP contribution in [0.4, 0.5) is 0 Å². The van der Waals surface area contributed by atoms with E-state index in [0.717, 1.165) is 9.13 Å². The highest BCUT2D eigenvalue weighted by molar-refractivity contribution is 14.1. The van der Waals surface area contributed by atoms with Gasteiger partial charge in [0.25, 0.3) is 5.91 Å². The molecule has 1 amide bonds. The van der Waals surface area contributed by atoms with Gasteiger partial charge in [0.05, 0.1) is 13.7 Å². The monoisotopic (exact) mass is 433 g/mol. The van der Waals surface area contributed by atoms with Gasteiger partial charge in [0.15, 0.2) is 5.76 Å². The maximum Gasteiger partial charge on any atom is 0.257 e. The van der Waals surface area contributed by atoms with Crippen LogP contribution >= 0.6 is 22.6 Å². The second-order valence-corrected chi connectivity index (χ2v) is 6.57. The number of benzene rings is 2. The van der Waals surface area contributed by atoms with E-state index in [1.165, 1.54) is 12.0 Å². The van der Waals surface area contributed by atoms with Crippen molar-refractivity contribution < 1.29 is 14.6 Å². The third kappa shape index (κ3) is 2.45. The van der Waals surface area contributed by atoms with Crippen molar-refractivity contribution in [1.29, 1.82) is 0 Å². The molecule has 2 aromatic carbocycles. The molecule has 0 bridgehead atoms. The van der Waals surface area contributed by atoms with Crippen LogP contribution in [0.5, 0.6) is 0 Å². The minimum Gasteiger partial charge on any atom is -0.488 e. The average Bonchev–Trinajstić information content (AvgIpc) is 2.81. The van der Waals surface area contributed by atoms with Crippen molar-refractivity contribution in [3.05, 3.63) is 86.9 Å². The number of hydrogen-bond donors (Lipinski definition) is 1. The Hall–Kier alpha value is -2.08. The molecule has 1 aliphatic heterocycles. The lowest BCUT2D eigenvalue weighted by molar-refractivity contribution is -0.0892. The van der Waals surface area contributed by atoms with Gasteiger partial charge in [-0.15, -0.1) is 0 Å². The highest BCUT2D eigenvalue weighted by atomic mass is 127. The lowest BCUT2D eigenvalue weighted by Gasteiger charge is -2.34. The zero-order valence-electron chi connectivity index (χ0n) is 13.1. The van der Waals surface area contributed by atoms with Crippen molar-refractivity contribution in [1.82, 2.24) is 4.90 Å². The first kappa shape index (κ1) is 16.8. The van der Waals surface area contributed by atoms with E-state index in [9.17, 15) is 9.90 Å². The van der Waals surface area contributed by atoms with Crippen LogP contribution in [0, 0.1) is 3.57 Å². The van der Waals surface area contributed by atoms with E-state index in [1.54, 1.807) is 24.3 Å². The lowest BCUT2D eigenvalue weighted by Crippen LogP contribution is -2.45. The first-order chi connectivity index (χ1) is 11.5. The van der Waals surface area contributed by atoms with E-state index < -0.39 is 5.72 Å². The van der Waals surface area contributed by atoms with Crippen molar-refractivity contribution in [2.24, 2.45) is 0 Å². The Bertz CT molecular complexity index is 857. The number of ether oxygens (including phenoxy) is 1. The summed E-state index contributed by atoms with van der Waals surface area (Å²) in [5.74, 6) is -0.149. The summed E-state index contributed by atoms with van der Waals surface area (Å²) in [5, 5.41) is 11.4. The lowest BCUT2D eigenvalue weighted by atomic mass is 9.99. The van der Waals surface area contributed by atoms with Crippen LogP contribution in [0.15, 0.2) is 66.6 Å². The van der Waals surface area contributed by atoms with Crippen LogP contribution < -0.4 is 0 Å². The predicted octanol–water partition coefficient (Wildman–Crippen LogP) is 3.41. The number of nitrogens with zero attached hydrogens (tertiary/aromatic N) is 1. The number of halogens is 1. The summed E-state index contributed by atoms with van der Waals surface area (Å²) in [5.41, 5.74) is 2.78. The SMILES string of the molecule is C=C=C(OC)C1(O)c2ccccc2C(=O)N1Cc1ccccc1I. The van der Waals surface area contributed by atoms with E-state index in [2.05, 4.69) is 34.9 Å². The predicted molar refractivity (Wildman–Crippen MR) is 99.0 cm³/mol. The zero-order valence-corrected chi connectivity index (χ0v) is 15.3. The van der Waals surface area contributed by atoms with Crippen molar-refractivity contribution in [3.63, 3.8) is 0 Å². The number of amides is 1. The third-order valence-corrected chi connectivity index (χ3v) is 5.19. The third-order valence-electron chi connectivity index (χ3n) is 4.14. The van der Waals surface area contributed by atoms with Gasteiger partial charge in [-0.2, -0.15) is 0 Å². The molecule has 1 N–H and O–H groups in total. The summed E-state index contributed by atoms with van der Waals surface area (Å²) in [6, 6.07) is 14.7. The van der Waals surface area contributed by atoms with E-state index in [-0.39, 0.29) is 18.2 Å². The van der Waals surface area contributed by atoms with Crippen LogP contribution in [0.25, 0.3) is 0 Å². The summed E-state index contributed by atoms with van der Waals surface area (Å²) >= 11 is 2.22. The van der Waals surface area contributed by atoms with Gasteiger partial charge in [-0.25, -0.2) is 0 Å². The number of fused-ring (bicyclic) bond motifs is 1. The van der Waals surface area contributed by atoms with Gasteiger partial charge in [-0.1, -0.05) is 48.7 Å². The summed E-state index contributed by atoms with van der Waals surface area (Å²) in [6.07, 6.45) is 0. The molecule has 122 valence electrons. The molecule has 5 heteroatoms. The first-order valence-electron chi connectivity index (χ1n) is 7.35. The normalized spacial score (nSPS) is 19.0. The smallest absolute Gasteiger partial charge is 0.257 e. The molecule has 24 heavy (non-hydrogen) atoms. The molecule has 1 aliphatic rings. The molecule has 0 aromatic heterocycles. The second-order valence-electron chi connectivity index (χ2n) is 5.41. The Balaban J connectivity index is 2.16. The molecule has 0 spiro atoms. The zero-order chi connectivity index (χ0) is 17.3. The first-order valence-corrected chi connectivity index (χ1v) is 8.43. The fraction of sp³-hybridized carbons (Fsp3) is 0.158. The van der Waals surface area contributed by atoms with Gasteiger partial charge in [0, 0.05) is 14.7 Å². The summed E-state index contributed by atoms with van der Waals surface area (Å²) in [7, 11) is 1.43. The van der Waals surface area contributed by atoms with E-state index in [4.69, 9.17) is 4.74 Å². The number of carbonyl (C=O) groups is 1. The number of carbonyl (C=O) groups excluding carboxylic acids is 1. The van der Waals surface area contributed by atoms with Crippen LogP contribution in [0.2, 0.25) is 0 Å². The summed E-state index contributed by atoms with van der Waals surface area (Å²) in [4.78, 5) is 14.3. The number of rotatable bonds is 4. The number of aliphatic hydroxyl groups is 1. The molecule has 0 saturated heterocycles. The van der Waals surface area contributed by atoms with E-state index in [1.807, 2.05) is 24.3 Å². The topological polar surface area (TPSA) is 49.8 Å². The van der Waals surface area contributed by atoms with Crippen LogP contribution in [-0.2, 0) is 17.0 Å². The van der Waals surface area contributed by atoms with Crippen molar-refractivity contribution in [2.75, 3.05) is 7.11 Å². The van der Waals surface area contributed by atoms with Crippen LogP contribution in [0.1, 0.15) is 21.5 Å². The van der Waals surface area contributed by atoms with Crippen LogP contribution in [0.3, 0.4) is 0 Å². The van der Waals surface area contributed by atoms with Gasteiger partial charge < -0.3 is 9.84 Å². The second kappa shape index (κ2) is 6.43. The van der Waals surface area contributed by atoms with Crippen molar-refractivity contribution in [2.45, 2.75) is 12.3 Å². The van der Waals surface area contributed by atoms with E-state index in [0.29, 0.717) is 11.1 Å². The number of methoxy groups -OCH3 is 1. The minimum atomic E-state index is -1.72. The molecule has 1 unspecified atom stereocenters. The molecule has 0 radical (unpaired) electrons. The summed E-state index contributed by atoms with van der Waals surface area (Å²) < 4.78 is 6.30. The highest BCUT2D eigenvalue weighted by Crippen LogP contribution is 2.43. The van der Waals surface area contributed by atoms with Crippen molar-refractivity contribution in [3.8, 4) is 0 Å². The molecular weight excluding hydrogens is 417 g/mol. The molecule has 0 aliphatic carbocycles. The standard InChI is InChI=1S/C19H16INO3/c1-3-17(24-2)19(23)15-10-6-5-9-14(15)18(22)21(19)12-13-8-4-7-11-16(13)20/h4-11,23H,1,12H2,2H3. The Labute approximate surface area is 154 Å². The molecule has 4 nitrogen and oxygen atoms in total. The molecule has 3 rings (SSSR count). The largest absolute Gasteiger partial charge is 0.488 e. The van der Waals surface area contributed by atoms with Gasteiger partial charge >= 0.3 is 0 Å². The average molecular weight is 433 g/mol. The Morgan fingerprint density at radius 3 is 2.62 bits per heavy atom. The fourth-order valence-electron chi connectivity index (χ4n) is 2.98. The molecule has 1 atom stereocenters. The molecule has 0 fully saturated rings. The Morgan fingerprint density at radius 2 is 1.96 bits per heavy atom. The molecule has 2 aromatic rings.